The molecule has 1 aromatic carbocycles. The van der Waals surface area contributed by atoms with Crippen molar-refractivity contribution in [3.05, 3.63) is 40.8 Å². The Morgan fingerprint density at radius 3 is 2.74 bits per heavy atom. The average molecular weight is 327 g/mol. The van der Waals surface area contributed by atoms with E-state index < -0.39 is 0 Å². The van der Waals surface area contributed by atoms with E-state index in [4.69, 9.17) is 5.26 Å². The van der Waals surface area contributed by atoms with Crippen molar-refractivity contribution < 1.29 is 9.69 Å². The molecule has 3 rings (SSSR count). The quantitative estimate of drug-likeness (QED) is 0.833. The van der Waals surface area contributed by atoms with Crippen LogP contribution in [0.15, 0.2) is 40.2 Å². The van der Waals surface area contributed by atoms with Crippen LogP contribution < -0.4 is 4.90 Å². The van der Waals surface area contributed by atoms with Gasteiger partial charge in [-0.2, -0.15) is 10.3 Å². The van der Waals surface area contributed by atoms with Gasteiger partial charge in [0.2, 0.25) is 0 Å². The Morgan fingerprint density at radius 2 is 2.04 bits per heavy atom. The van der Waals surface area contributed by atoms with E-state index in [0.29, 0.717) is 11.3 Å². The Bertz CT molecular complexity index is 670. The minimum atomic E-state index is -0.145. The number of nitrogens with zero attached hydrogens (tertiary/aromatic N) is 3. The van der Waals surface area contributed by atoms with Gasteiger partial charge in [-0.25, -0.2) is 0 Å². The van der Waals surface area contributed by atoms with Crippen LogP contribution in [0, 0.1) is 11.3 Å². The molecule has 23 heavy (non-hydrogen) atoms. The Kier molecular flexibility index (Phi) is 5.11. The second-order valence-corrected chi connectivity index (χ2v) is 6.63. The molecule has 0 bridgehead atoms. The van der Waals surface area contributed by atoms with E-state index >= 15 is 0 Å². The maximum atomic E-state index is 12.1. The van der Waals surface area contributed by atoms with Gasteiger partial charge in [-0.3, -0.25) is 4.79 Å². The molecule has 5 nitrogen and oxygen atoms in total. The van der Waals surface area contributed by atoms with Crippen molar-refractivity contribution in [1.82, 2.24) is 4.90 Å². The van der Waals surface area contributed by atoms with E-state index in [1.165, 1.54) is 16.7 Å². The zero-order valence-electron chi connectivity index (χ0n) is 12.9. The molecule has 1 amide bonds. The molecule has 2 heterocycles. The summed E-state index contributed by atoms with van der Waals surface area (Å²) in [4.78, 5) is 20.6. The van der Waals surface area contributed by atoms with E-state index in [1.807, 2.05) is 36.4 Å². The van der Waals surface area contributed by atoms with Crippen LogP contribution >= 0.6 is 11.8 Å². The number of amidine groups is 1. The first-order valence-corrected chi connectivity index (χ1v) is 8.61. The van der Waals surface area contributed by atoms with Gasteiger partial charge in [0, 0.05) is 0 Å². The summed E-state index contributed by atoms with van der Waals surface area (Å²) in [5.74, 6) is -0.145. The fourth-order valence-electron chi connectivity index (χ4n) is 2.73. The topological polar surface area (TPSA) is 60.9 Å². The van der Waals surface area contributed by atoms with Crippen molar-refractivity contribution in [3.63, 3.8) is 0 Å². The van der Waals surface area contributed by atoms with Gasteiger partial charge in [0.1, 0.15) is 0 Å². The number of piperazine rings is 1. The van der Waals surface area contributed by atoms with E-state index in [1.54, 1.807) is 0 Å². The summed E-state index contributed by atoms with van der Waals surface area (Å²) in [7, 11) is 0. The van der Waals surface area contributed by atoms with Crippen LogP contribution in [-0.4, -0.2) is 48.7 Å². The van der Waals surface area contributed by atoms with Gasteiger partial charge < -0.3 is 9.80 Å². The number of rotatable bonds is 3. The number of amides is 1. The summed E-state index contributed by atoms with van der Waals surface area (Å²) in [5.41, 5.74) is 1.02. The second-order valence-electron chi connectivity index (χ2n) is 5.62. The summed E-state index contributed by atoms with van der Waals surface area (Å²) < 4.78 is 0. The van der Waals surface area contributed by atoms with Crippen LogP contribution in [0.25, 0.3) is 6.08 Å². The van der Waals surface area contributed by atoms with Crippen LogP contribution in [-0.2, 0) is 4.79 Å². The predicted octanol–water partition coefficient (Wildman–Crippen LogP) is 0.771. The molecular formula is C17H19N4OS+. The van der Waals surface area contributed by atoms with Crippen LogP contribution in [0.2, 0.25) is 0 Å². The van der Waals surface area contributed by atoms with Crippen molar-refractivity contribution in [3.8, 4) is 6.07 Å². The minimum absolute atomic E-state index is 0.145. The third-order valence-electron chi connectivity index (χ3n) is 4.04. The van der Waals surface area contributed by atoms with E-state index in [2.05, 4.69) is 16.0 Å². The molecule has 118 valence electrons. The molecule has 0 atom stereocenters. The molecule has 2 aliphatic heterocycles. The van der Waals surface area contributed by atoms with Gasteiger partial charge in [0.05, 0.1) is 50.1 Å². The predicted molar refractivity (Wildman–Crippen MR) is 91.8 cm³/mol. The van der Waals surface area contributed by atoms with Crippen molar-refractivity contribution in [1.29, 1.82) is 5.26 Å². The zero-order chi connectivity index (χ0) is 16.1. The largest absolute Gasteiger partial charge is 0.339 e. The lowest BCUT2D eigenvalue weighted by Gasteiger charge is -2.32. The van der Waals surface area contributed by atoms with Gasteiger partial charge in [-0.05, 0) is 23.4 Å². The number of hydrogen-bond donors (Lipinski definition) is 1. The fourth-order valence-corrected chi connectivity index (χ4v) is 3.70. The standard InChI is InChI=1S/C17H18N4OS/c18-7-4-8-20-9-11-21(12-10-20)17-19-16(22)15(23-17)13-14-5-2-1-3-6-14/h1-3,5-6,13H,4,8-12H2/p+1/b15-13+. The first-order valence-electron chi connectivity index (χ1n) is 7.79. The van der Waals surface area contributed by atoms with E-state index in [0.717, 1.165) is 43.5 Å². The molecule has 6 heteroatoms. The molecular weight excluding hydrogens is 308 g/mol. The average Bonchev–Trinajstić information content (AvgIpc) is 2.95. The van der Waals surface area contributed by atoms with Crippen molar-refractivity contribution in [2.45, 2.75) is 6.42 Å². The zero-order valence-corrected chi connectivity index (χ0v) is 13.7. The number of carbonyl (C=O) groups is 1. The molecule has 0 aliphatic carbocycles. The normalized spacial score (nSPS) is 20.7. The highest BCUT2D eigenvalue weighted by Gasteiger charge is 2.29. The summed E-state index contributed by atoms with van der Waals surface area (Å²) in [6, 6.07) is 12.0. The first kappa shape index (κ1) is 15.8. The van der Waals surface area contributed by atoms with Gasteiger partial charge >= 0.3 is 0 Å². The number of hydrogen-bond acceptors (Lipinski definition) is 4. The Balaban J connectivity index is 1.59. The van der Waals surface area contributed by atoms with Crippen LogP contribution in [0.5, 0.6) is 0 Å². The SMILES string of the molecule is N#CCC[NH+]1CCN(C2=NC(=O)/C(=C\c3ccccc3)S2)CC1. The lowest BCUT2D eigenvalue weighted by molar-refractivity contribution is -0.903. The van der Waals surface area contributed by atoms with Crippen molar-refractivity contribution in [2.24, 2.45) is 4.99 Å². The summed E-state index contributed by atoms with van der Waals surface area (Å²) in [6.07, 6.45) is 2.51. The van der Waals surface area contributed by atoms with Gasteiger partial charge in [0.25, 0.3) is 5.91 Å². The molecule has 0 aromatic heterocycles. The van der Waals surface area contributed by atoms with Crippen molar-refractivity contribution in [2.75, 3.05) is 32.7 Å². The van der Waals surface area contributed by atoms with Crippen molar-refractivity contribution >= 4 is 28.9 Å². The Hall–Kier alpha value is -2.10. The Morgan fingerprint density at radius 1 is 1.30 bits per heavy atom. The Labute approximate surface area is 140 Å². The number of carbonyl (C=O) groups excluding carboxylic acids is 1. The van der Waals surface area contributed by atoms with Crippen LogP contribution in [0.4, 0.5) is 0 Å². The van der Waals surface area contributed by atoms with E-state index in [-0.39, 0.29) is 5.91 Å². The molecule has 1 aromatic rings. The minimum Gasteiger partial charge on any atom is -0.339 e. The van der Waals surface area contributed by atoms with E-state index in [9.17, 15) is 4.79 Å². The molecule has 1 fully saturated rings. The number of nitriles is 1. The third kappa shape index (κ3) is 4.01. The van der Waals surface area contributed by atoms with Gasteiger partial charge in [0.15, 0.2) is 5.17 Å². The molecule has 0 spiro atoms. The highest BCUT2D eigenvalue weighted by molar-refractivity contribution is 8.18. The van der Waals surface area contributed by atoms with Gasteiger partial charge in [-0.1, -0.05) is 30.3 Å². The number of benzene rings is 1. The molecule has 0 unspecified atom stereocenters. The molecule has 0 radical (unpaired) electrons. The first-order chi connectivity index (χ1) is 11.3. The van der Waals surface area contributed by atoms with Crippen LogP contribution in [0.3, 0.4) is 0 Å². The number of quaternary nitrogens is 1. The number of nitrogens with one attached hydrogen (secondary N) is 1. The fraction of sp³-hybridized carbons (Fsp3) is 0.353. The smallest absolute Gasteiger partial charge is 0.286 e. The monoisotopic (exact) mass is 327 g/mol. The number of thioether (sulfide) groups is 1. The molecule has 1 saturated heterocycles. The van der Waals surface area contributed by atoms with Gasteiger partial charge in [-0.15, -0.1) is 0 Å². The van der Waals surface area contributed by atoms with Crippen LogP contribution in [0.1, 0.15) is 12.0 Å². The summed E-state index contributed by atoms with van der Waals surface area (Å²) >= 11 is 1.47. The highest BCUT2D eigenvalue weighted by atomic mass is 32.2. The molecule has 0 saturated carbocycles. The molecule has 1 N–H and O–H groups in total. The summed E-state index contributed by atoms with van der Waals surface area (Å²) in [6.45, 7) is 4.67. The lowest BCUT2D eigenvalue weighted by atomic mass is 10.2. The maximum Gasteiger partial charge on any atom is 0.286 e. The third-order valence-corrected chi connectivity index (χ3v) is 5.08. The number of aliphatic imine (C=N–C) groups is 1. The second kappa shape index (κ2) is 7.44. The summed E-state index contributed by atoms with van der Waals surface area (Å²) in [5, 5.41) is 9.48. The highest BCUT2D eigenvalue weighted by Crippen LogP contribution is 2.30. The maximum absolute atomic E-state index is 12.1. The lowest BCUT2D eigenvalue weighted by Crippen LogP contribution is -3.14. The molecule has 2 aliphatic rings.